The number of phosphoric acid groups is 1. The predicted molar refractivity (Wildman–Crippen MR) is 13.2 cm³/mol. The summed E-state index contributed by atoms with van der Waals surface area (Å²) >= 11 is 0. The van der Waals surface area contributed by atoms with E-state index in [-0.39, 0.29) is 82.4 Å². The van der Waals surface area contributed by atoms with Crippen molar-refractivity contribution >= 4 is 7.82 Å². The van der Waals surface area contributed by atoms with E-state index in [1.54, 1.807) is 0 Å². The van der Waals surface area contributed by atoms with Gasteiger partial charge in [0.25, 0.3) is 7.82 Å². The molecule has 0 aromatic carbocycles. The van der Waals surface area contributed by atoms with Crippen LogP contribution in [0.25, 0.3) is 0 Å². The fourth-order valence-electron chi connectivity index (χ4n) is 0. The van der Waals surface area contributed by atoms with Gasteiger partial charge in [0.1, 0.15) is 0 Å². The van der Waals surface area contributed by atoms with Crippen LogP contribution < -0.4 is 85.8 Å². The molecule has 0 radical (unpaired) electrons. The van der Waals surface area contributed by atoms with Crippen molar-refractivity contribution in [2.75, 3.05) is 0 Å². The Kier molecular flexibility index (Phi) is 16.1. The van der Waals surface area contributed by atoms with Crippen LogP contribution in [0.4, 0.5) is 0 Å². The molecule has 0 unspecified atom stereocenters. The quantitative estimate of drug-likeness (QED) is 0.272. The van der Waals surface area contributed by atoms with Gasteiger partial charge in [-0.05, 0) is 0 Å². The van der Waals surface area contributed by atoms with Crippen molar-refractivity contribution in [2.24, 2.45) is 0 Å². The first-order valence-electron chi connectivity index (χ1n) is 0.765. The van der Waals surface area contributed by atoms with Crippen molar-refractivity contribution in [3.8, 4) is 0 Å². The molecular formula is H3KNaO4P. The molecule has 0 atom stereocenters. The summed E-state index contributed by atoms with van der Waals surface area (Å²) in [4.78, 5) is 22.9. The molecule has 0 amide bonds. The molecular weight excluding hydrogens is 157 g/mol. The van der Waals surface area contributed by atoms with Crippen LogP contribution in [0.5, 0.6) is 0 Å². The first-order valence-corrected chi connectivity index (χ1v) is 2.30. The van der Waals surface area contributed by atoms with Crippen molar-refractivity contribution in [1.29, 1.82) is 0 Å². The van der Waals surface area contributed by atoms with Crippen LogP contribution in [0.2, 0.25) is 0 Å². The molecule has 0 aliphatic carbocycles. The van der Waals surface area contributed by atoms with E-state index in [0.717, 1.165) is 0 Å². The Morgan fingerprint density at radius 1 is 1.57 bits per heavy atom. The van der Waals surface area contributed by atoms with Crippen molar-refractivity contribution in [3.63, 3.8) is 0 Å². The Morgan fingerprint density at radius 2 is 1.57 bits per heavy atom. The third-order valence-electron chi connectivity index (χ3n) is 0. The zero-order chi connectivity index (χ0) is 4.50. The van der Waals surface area contributed by atoms with Gasteiger partial charge in [-0.2, -0.15) is 0 Å². The van der Waals surface area contributed by atoms with E-state index < -0.39 is 7.82 Å². The zero-order valence-corrected chi connectivity index (χ0v) is 10.2. The maximum atomic E-state index is 8.77. The van der Waals surface area contributed by atoms with Gasteiger partial charge in [0, 0.05) is 0 Å². The summed E-state index contributed by atoms with van der Waals surface area (Å²) in [5.41, 5.74) is 0. The molecule has 34 valence electrons. The molecule has 0 rings (SSSR count). The second-order valence-corrected chi connectivity index (χ2v) is 1.47. The standard InChI is InChI=1S/K.Na.H3O4P.H/c;;1-5(2,3)4;/h;;(H3,1,2,3,4);/q2*+1;;-1/p-1. The van der Waals surface area contributed by atoms with E-state index in [2.05, 4.69) is 0 Å². The second kappa shape index (κ2) is 6.86. The summed E-state index contributed by atoms with van der Waals surface area (Å²) < 4.78 is 8.77. The van der Waals surface area contributed by atoms with E-state index in [0.29, 0.717) is 0 Å². The van der Waals surface area contributed by atoms with Crippen LogP contribution in [-0.2, 0) is 4.57 Å². The molecule has 0 bridgehead atoms. The van der Waals surface area contributed by atoms with Gasteiger partial charge in [-0.1, -0.05) is 0 Å². The molecule has 0 fully saturated rings. The monoisotopic (exact) mass is 160 g/mol. The van der Waals surface area contributed by atoms with E-state index in [4.69, 9.17) is 19.2 Å². The second-order valence-electron chi connectivity index (χ2n) is 0.491. The van der Waals surface area contributed by atoms with Crippen LogP contribution in [0.3, 0.4) is 0 Å². The van der Waals surface area contributed by atoms with Crippen LogP contribution in [0, 0.1) is 0 Å². The molecule has 0 heterocycles. The average Bonchev–Trinajstić information content (AvgIpc) is 0.722. The third kappa shape index (κ3) is 52.8. The van der Waals surface area contributed by atoms with Gasteiger partial charge in [-0.3, -0.25) is 4.57 Å². The predicted octanol–water partition coefficient (Wildman–Crippen LogP) is -7.44. The summed E-state index contributed by atoms with van der Waals surface area (Å²) in [7, 11) is -4.89. The van der Waals surface area contributed by atoms with Gasteiger partial charge < -0.3 is 16.1 Å². The van der Waals surface area contributed by atoms with Gasteiger partial charge in [0.05, 0.1) is 0 Å². The fourth-order valence-corrected chi connectivity index (χ4v) is 0. The number of hydrogen-bond donors (Lipinski definition) is 2. The normalized spacial score (nSPS) is 8.43. The molecule has 7 heteroatoms. The zero-order valence-electron chi connectivity index (χ0n) is 5.16. The van der Waals surface area contributed by atoms with Gasteiger partial charge in [-0.15, -0.1) is 0 Å². The Bertz CT molecular complexity index is 62.2. The third-order valence-corrected chi connectivity index (χ3v) is 0. The molecule has 0 aliphatic rings. The van der Waals surface area contributed by atoms with Gasteiger partial charge in [0.2, 0.25) is 0 Å². The largest absolute Gasteiger partial charge is 1.00 e. The van der Waals surface area contributed by atoms with Crippen molar-refractivity contribution < 1.29 is 102 Å². The summed E-state index contributed by atoms with van der Waals surface area (Å²) in [5, 5.41) is 0. The van der Waals surface area contributed by atoms with E-state index in [1.165, 1.54) is 0 Å². The molecule has 0 aromatic heterocycles. The van der Waals surface area contributed by atoms with Crippen molar-refractivity contribution in [3.05, 3.63) is 0 Å². The number of hydrogen-bond acceptors (Lipinski definition) is 2. The van der Waals surface area contributed by atoms with Crippen LogP contribution in [-0.4, -0.2) is 9.79 Å². The molecule has 2 N–H and O–H groups in total. The Labute approximate surface area is 107 Å². The summed E-state index contributed by atoms with van der Waals surface area (Å²) in [6, 6.07) is 0. The van der Waals surface area contributed by atoms with Crippen LogP contribution in [0.15, 0.2) is 0 Å². The topological polar surface area (TPSA) is 80.6 Å². The van der Waals surface area contributed by atoms with Crippen molar-refractivity contribution in [1.82, 2.24) is 0 Å². The molecule has 7 heavy (non-hydrogen) atoms. The molecule has 0 aliphatic heterocycles. The van der Waals surface area contributed by atoms with Gasteiger partial charge in [0.15, 0.2) is 0 Å². The average molecular weight is 160 g/mol. The molecule has 0 spiro atoms. The smallest absolute Gasteiger partial charge is 1.00 e. The SMILES string of the molecule is O=P([O-])(O)O.[H-].[K+].[Na+]. The summed E-state index contributed by atoms with van der Waals surface area (Å²) in [6.07, 6.45) is 0. The Hall–Kier alpha value is 2.75. The number of rotatable bonds is 0. The fraction of sp³-hybridized carbons (Fsp3) is 0. The van der Waals surface area contributed by atoms with Crippen LogP contribution in [0.1, 0.15) is 1.43 Å². The summed E-state index contributed by atoms with van der Waals surface area (Å²) in [6.45, 7) is 0. The van der Waals surface area contributed by atoms with E-state index in [1.807, 2.05) is 0 Å². The minimum atomic E-state index is -4.89. The Balaban J connectivity index is -0.0000000267. The first-order chi connectivity index (χ1) is 2.00. The molecule has 0 saturated heterocycles. The minimum absolute atomic E-state index is 0. The van der Waals surface area contributed by atoms with Crippen LogP contribution >= 0.6 is 7.82 Å². The van der Waals surface area contributed by atoms with E-state index >= 15 is 0 Å². The maximum Gasteiger partial charge on any atom is 1.00 e. The van der Waals surface area contributed by atoms with Crippen molar-refractivity contribution in [2.45, 2.75) is 0 Å². The minimum Gasteiger partial charge on any atom is -1.00 e. The maximum absolute atomic E-state index is 8.77. The van der Waals surface area contributed by atoms with Gasteiger partial charge in [-0.25, -0.2) is 0 Å². The molecule has 0 saturated carbocycles. The Morgan fingerprint density at radius 3 is 1.57 bits per heavy atom. The van der Waals surface area contributed by atoms with E-state index in [9.17, 15) is 0 Å². The molecule has 0 aromatic rings. The summed E-state index contributed by atoms with van der Waals surface area (Å²) in [5.74, 6) is 0. The molecule has 4 nitrogen and oxygen atoms in total. The van der Waals surface area contributed by atoms with Gasteiger partial charge >= 0.3 is 80.9 Å². The first kappa shape index (κ1) is 16.4.